The second-order valence-corrected chi connectivity index (χ2v) is 3.30. The van der Waals surface area contributed by atoms with Crippen LogP contribution in [0.1, 0.15) is 0 Å². The molecule has 19 heavy (non-hydrogen) atoms. The molecule has 0 aliphatic heterocycles. The van der Waals surface area contributed by atoms with Crippen LogP contribution in [0.5, 0.6) is 0 Å². The molecule has 0 aromatic carbocycles. The van der Waals surface area contributed by atoms with Gasteiger partial charge in [0.15, 0.2) is 0 Å². The van der Waals surface area contributed by atoms with Crippen molar-refractivity contribution in [3.8, 4) is 0 Å². The molecule has 5 N–H and O–H groups in total. The Morgan fingerprint density at radius 3 is 1.11 bits per heavy atom. The first-order valence-corrected chi connectivity index (χ1v) is 6.07. The predicted octanol–water partition coefficient (Wildman–Crippen LogP) is -2.65. The molecule has 0 heterocycles. The molecule has 0 rings (SSSR count). The maximum Gasteiger partial charge on any atom is 0.100 e. The maximum atomic E-state index is 8.36. The zero-order chi connectivity index (χ0) is 14.8. The van der Waals surface area contributed by atoms with E-state index in [9.17, 15) is 0 Å². The van der Waals surface area contributed by atoms with Crippen molar-refractivity contribution < 1.29 is 39.7 Å². The van der Waals surface area contributed by atoms with E-state index in [1.807, 2.05) is 0 Å². The van der Waals surface area contributed by atoms with E-state index < -0.39 is 6.10 Å². The average Bonchev–Trinajstić information content (AvgIpc) is 2.45. The average molecular weight is 286 g/mol. The van der Waals surface area contributed by atoms with Crippen LogP contribution in [-0.2, 0) is 14.2 Å². The molecule has 118 valence electrons. The maximum absolute atomic E-state index is 8.36. The molecule has 0 saturated carbocycles. The van der Waals surface area contributed by atoms with E-state index in [0.29, 0.717) is 39.6 Å². The van der Waals surface area contributed by atoms with Gasteiger partial charge in [0.25, 0.3) is 0 Å². The van der Waals surface area contributed by atoms with Crippen LogP contribution in [0.15, 0.2) is 0 Å². The van der Waals surface area contributed by atoms with Gasteiger partial charge in [-0.3, -0.25) is 0 Å². The molecule has 0 aliphatic carbocycles. The number of ether oxygens (including phenoxy) is 3. The molecule has 0 spiro atoms. The lowest BCUT2D eigenvalue weighted by Crippen LogP contribution is -2.15. The third-order valence-corrected chi connectivity index (χ3v) is 1.64. The van der Waals surface area contributed by atoms with Crippen LogP contribution in [0.25, 0.3) is 0 Å². The van der Waals surface area contributed by atoms with E-state index in [0.717, 1.165) is 0 Å². The van der Waals surface area contributed by atoms with Crippen molar-refractivity contribution >= 4 is 0 Å². The van der Waals surface area contributed by atoms with Crippen molar-refractivity contribution in [2.45, 2.75) is 6.10 Å². The standard InChI is InChI=1S/C8H18O5.C3H8O3/c9-1-3-11-5-7-13-8-6-12-4-2-10;4-1-3(6)2-5/h9-10H,1-8H2;3-6H,1-2H2. The van der Waals surface area contributed by atoms with Crippen molar-refractivity contribution in [3.05, 3.63) is 0 Å². The van der Waals surface area contributed by atoms with E-state index in [2.05, 4.69) is 0 Å². The summed E-state index contributed by atoms with van der Waals surface area (Å²) in [4.78, 5) is 0. The van der Waals surface area contributed by atoms with E-state index in [1.165, 1.54) is 0 Å². The number of rotatable bonds is 12. The zero-order valence-corrected chi connectivity index (χ0v) is 11.1. The summed E-state index contributed by atoms with van der Waals surface area (Å²) in [6.45, 7) is 2.03. The molecular weight excluding hydrogens is 260 g/mol. The first-order valence-electron chi connectivity index (χ1n) is 6.07. The Bertz CT molecular complexity index is 133. The summed E-state index contributed by atoms with van der Waals surface area (Å²) < 4.78 is 15.0. The molecule has 0 aromatic rings. The molecule has 8 nitrogen and oxygen atoms in total. The van der Waals surface area contributed by atoms with Crippen LogP contribution in [-0.4, -0.2) is 97.7 Å². The van der Waals surface area contributed by atoms with Crippen molar-refractivity contribution in [1.29, 1.82) is 0 Å². The first kappa shape index (κ1) is 21.0. The predicted molar refractivity (Wildman–Crippen MR) is 66.8 cm³/mol. The zero-order valence-electron chi connectivity index (χ0n) is 11.1. The SMILES string of the molecule is OCC(O)CO.OCCOCCOCCOCCO. The molecule has 0 amide bonds. The van der Waals surface area contributed by atoms with E-state index >= 15 is 0 Å². The molecule has 0 bridgehead atoms. The minimum atomic E-state index is -0.954. The lowest BCUT2D eigenvalue weighted by atomic mass is 10.4. The fourth-order valence-electron chi connectivity index (χ4n) is 0.729. The lowest BCUT2D eigenvalue weighted by Gasteiger charge is -2.04. The highest BCUT2D eigenvalue weighted by atomic mass is 16.5. The number of hydrogen-bond donors (Lipinski definition) is 5. The molecule has 0 radical (unpaired) electrons. The highest BCUT2D eigenvalue weighted by molar-refractivity contribution is 4.44. The van der Waals surface area contributed by atoms with E-state index in [4.69, 9.17) is 39.7 Å². The summed E-state index contributed by atoms with van der Waals surface area (Å²) in [6, 6.07) is 0. The largest absolute Gasteiger partial charge is 0.394 e. The molecular formula is C11H26O8. The Morgan fingerprint density at radius 1 is 0.579 bits per heavy atom. The fraction of sp³-hybridized carbons (Fsp3) is 1.00. The second-order valence-electron chi connectivity index (χ2n) is 3.30. The Balaban J connectivity index is 0. The molecule has 8 heteroatoms. The van der Waals surface area contributed by atoms with Crippen molar-refractivity contribution in [2.75, 3.05) is 66.1 Å². The molecule has 0 aromatic heterocycles. The van der Waals surface area contributed by atoms with Gasteiger partial charge in [-0.2, -0.15) is 0 Å². The molecule has 0 saturated heterocycles. The molecule has 0 atom stereocenters. The van der Waals surface area contributed by atoms with Crippen LogP contribution in [0.3, 0.4) is 0 Å². The summed E-state index contributed by atoms with van der Waals surface area (Å²) in [6.07, 6.45) is -0.954. The van der Waals surface area contributed by atoms with Gasteiger partial charge < -0.3 is 39.7 Å². The molecule has 0 aliphatic rings. The lowest BCUT2D eigenvalue weighted by molar-refractivity contribution is 0.00230. The van der Waals surface area contributed by atoms with Crippen LogP contribution in [0, 0.1) is 0 Å². The van der Waals surface area contributed by atoms with Crippen LogP contribution < -0.4 is 0 Å². The second kappa shape index (κ2) is 20.0. The van der Waals surface area contributed by atoms with Crippen LogP contribution in [0.4, 0.5) is 0 Å². The normalized spacial score (nSPS) is 10.4. The summed E-state index contributed by atoms with van der Waals surface area (Å²) >= 11 is 0. The first-order chi connectivity index (χ1) is 9.22. The quantitative estimate of drug-likeness (QED) is 0.246. The molecule has 0 fully saturated rings. The van der Waals surface area contributed by atoms with E-state index in [-0.39, 0.29) is 26.4 Å². The monoisotopic (exact) mass is 286 g/mol. The van der Waals surface area contributed by atoms with Crippen molar-refractivity contribution in [1.82, 2.24) is 0 Å². The molecule has 0 unspecified atom stereocenters. The summed E-state index contributed by atoms with van der Waals surface area (Å²) in [7, 11) is 0. The number of hydrogen-bond acceptors (Lipinski definition) is 8. The number of aliphatic hydroxyl groups excluding tert-OH is 5. The van der Waals surface area contributed by atoms with Crippen molar-refractivity contribution in [2.24, 2.45) is 0 Å². The Morgan fingerprint density at radius 2 is 0.895 bits per heavy atom. The van der Waals surface area contributed by atoms with Gasteiger partial charge in [-0.25, -0.2) is 0 Å². The smallest absolute Gasteiger partial charge is 0.100 e. The van der Waals surface area contributed by atoms with Gasteiger partial charge in [-0.1, -0.05) is 0 Å². The van der Waals surface area contributed by atoms with Gasteiger partial charge in [0, 0.05) is 0 Å². The van der Waals surface area contributed by atoms with Gasteiger partial charge in [-0.15, -0.1) is 0 Å². The Hall–Kier alpha value is -0.320. The summed E-state index contributed by atoms with van der Waals surface area (Å²) in [5.41, 5.74) is 0. The Kier molecular flexibility index (Phi) is 22.1. The van der Waals surface area contributed by atoms with Gasteiger partial charge in [-0.05, 0) is 0 Å². The highest BCUT2D eigenvalue weighted by Gasteiger charge is 1.93. The number of aliphatic hydroxyl groups is 5. The van der Waals surface area contributed by atoms with Gasteiger partial charge in [0.2, 0.25) is 0 Å². The van der Waals surface area contributed by atoms with Crippen molar-refractivity contribution in [3.63, 3.8) is 0 Å². The third-order valence-electron chi connectivity index (χ3n) is 1.64. The van der Waals surface area contributed by atoms with E-state index in [1.54, 1.807) is 0 Å². The van der Waals surface area contributed by atoms with Gasteiger partial charge in [0.05, 0.1) is 66.1 Å². The third kappa shape index (κ3) is 23.2. The summed E-state index contributed by atoms with van der Waals surface area (Å²) in [5, 5.41) is 40.7. The topological polar surface area (TPSA) is 129 Å². The Labute approximate surface area is 113 Å². The minimum absolute atomic E-state index is 0.0413. The fourth-order valence-corrected chi connectivity index (χ4v) is 0.729. The van der Waals surface area contributed by atoms with Crippen LogP contribution in [0.2, 0.25) is 0 Å². The van der Waals surface area contributed by atoms with Crippen LogP contribution >= 0.6 is 0 Å². The van der Waals surface area contributed by atoms with Gasteiger partial charge in [0.1, 0.15) is 6.10 Å². The minimum Gasteiger partial charge on any atom is -0.394 e. The van der Waals surface area contributed by atoms with Gasteiger partial charge >= 0.3 is 0 Å². The highest BCUT2D eigenvalue weighted by Crippen LogP contribution is 1.80. The summed E-state index contributed by atoms with van der Waals surface area (Å²) in [5.74, 6) is 0.